The number of aryl methyl sites for hydroxylation is 1. The van der Waals surface area contributed by atoms with Gasteiger partial charge in [0.15, 0.2) is 12.4 Å². The van der Waals surface area contributed by atoms with E-state index in [0.717, 1.165) is 13.2 Å². The molecule has 0 spiro atoms. The van der Waals surface area contributed by atoms with Crippen LogP contribution in [0.5, 0.6) is 0 Å². The number of unbranched alkanes of at least 4 members (excludes halogenated alkanes) is 5. The van der Waals surface area contributed by atoms with Crippen molar-refractivity contribution < 1.29 is 9.30 Å². The van der Waals surface area contributed by atoms with Crippen LogP contribution in [0.4, 0.5) is 5.69 Å². The standard InChI is InChI=1S/C15H26N2O.C2H6/c1-17-12-9-15(10-13-17)16-11-7-5-3-4-6-8-14-18-2;1-2/h9-10,12-13H,3-8,11,14H2,1-2H3;1-2H3/p+1. The van der Waals surface area contributed by atoms with Crippen LogP contribution in [0.25, 0.3) is 0 Å². The minimum absolute atomic E-state index is 0.910. The molecule has 0 fully saturated rings. The summed E-state index contributed by atoms with van der Waals surface area (Å²) in [7, 11) is 3.81. The Labute approximate surface area is 125 Å². The van der Waals surface area contributed by atoms with Crippen molar-refractivity contribution >= 4 is 5.69 Å². The molecule has 20 heavy (non-hydrogen) atoms. The van der Waals surface area contributed by atoms with Gasteiger partial charge in [-0.3, -0.25) is 0 Å². The van der Waals surface area contributed by atoms with Gasteiger partial charge in [-0.05, 0) is 12.8 Å². The van der Waals surface area contributed by atoms with Crippen LogP contribution in [0, 0.1) is 0 Å². The molecule has 116 valence electrons. The fraction of sp³-hybridized carbons (Fsp3) is 0.706. The zero-order chi connectivity index (χ0) is 15.1. The van der Waals surface area contributed by atoms with Crippen LogP contribution in [0.1, 0.15) is 52.4 Å². The highest BCUT2D eigenvalue weighted by Gasteiger charge is 1.95. The van der Waals surface area contributed by atoms with Gasteiger partial charge in [0.25, 0.3) is 0 Å². The SMILES string of the molecule is CC.COCCCCCCCCNc1cc[n+](C)cc1. The number of nitrogens with one attached hydrogen (secondary N) is 1. The molecule has 0 aliphatic rings. The van der Waals surface area contributed by atoms with Crippen LogP contribution in [-0.2, 0) is 11.8 Å². The number of hydrogen-bond donors (Lipinski definition) is 1. The quantitative estimate of drug-likeness (QED) is 0.519. The molecule has 0 saturated carbocycles. The summed E-state index contributed by atoms with van der Waals surface area (Å²) in [5.41, 5.74) is 1.22. The maximum Gasteiger partial charge on any atom is 0.170 e. The number of pyridine rings is 1. The molecule has 0 atom stereocenters. The van der Waals surface area contributed by atoms with E-state index in [-0.39, 0.29) is 0 Å². The summed E-state index contributed by atoms with van der Waals surface area (Å²) < 4.78 is 7.08. The first-order valence-corrected chi connectivity index (χ1v) is 8.01. The Bertz CT molecular complexity index is 298. The molecule has 0 aliphatic heterocycles. The molecule has 0 amide bonds. The fourth-order valence-corrected chi connectivity index (χ4v) is 1.93. The van der Waals surface area contributed by atoms with Crippen LogP contribution in [0.2, 0.25) is 0 Å². The topological polar surface area (TPSA) is 25.1 Å². The normalized spacial score (nSPS) is 9.80. The minimum atomic E-state index is 0.910. The third-order valence-corrected chi connectivity index (χ3v) is 3.08. The van der Waals surface area contributed by atoms with E-state index < -0.39 is 0 Å². The maximum atomic E-state index is 5.03. The fourth-order valence-electron chi connectivity index (χ4n) is 1.93. The summed E-state index contributed by atoms with van der Waals surface area (Å²) in [6, 6.07) is 4.23. The summed E-state index contributed by atoms with van der Waals surface area (Å²) >= 11 is 0. The molecule has 1 aromatic heterocycles. The van der Waals surface area contributed by atoms with Crippen LogP contribution in [0.3, 0.4) is 0 Å². The molecular formula is C17H33N2O+. The second-order valence-electron chi connectivity index (χ2n) is 4.79. The van der Waals surface area contributed by atoms with Gasteiger partial charge in [-0.1, -0.05) is 39.5 Å². The first-order chi connectivity index (χ1) is 9.83. The van der Waals surface area contributed by atoms with Gasteiger partial charge >= 0.3 is 0 Å². The summed E-state index contributed by atoms with van der Waals surface area (Å²) in [5.74, 6) is 0. The van der Waals surface area contributed by atoms with E-state index >= 15 is 0 Å². The lowest BCUT2D eigenvalue weighted by Crippen LogP contribution is -2.25. The molecule has 0 saturated heterocycles. The van der Waals surface area contributed by atoms with Gasteiger partial charge in [-0.2, -0.15) is 0 Å². The number of methoxy groups -OCH3 is 1. The molecule has 0 bridgehead atoms. The average molecular weight is 281 g/mol. The van der Waals surface area contributed by atoms with Crippen molar-refractivity contribution in [2.45, 2.75) is 52.4 Å². The Morgan fingerprint density at radius 3 is 2.10 bits per heavy atom. The summed E-state index contributed by atoms with van der Waals surface area (Å²) in [6.07, 6.45) is 11.9. The van der Waals surface area contributed by atoms with E-state index in [1.807, 2.05) is 25.5 Å². The van der Waals surface area contributed by atoms with Gasteiger partial charge in [0.2, 0.25) is 0 Å². The van der Waals surface area contributed by atoms with Gasteiger partial charge in [-0.25, -0.2) is 4.57 Å². The van der Waals surface area contributed by atoms with E-state index in [4.69, 9.17) is 4.74 Å². The van der Waals surface area contributed by atoms with E-state index in [1.165, 1.54) is 44.2 Å². The Morgan fingerprint density at radius 1 is 0.950 bits per heavy atom. The molecule has 1 heterocycles. The van der Waals surface area contributed by atoms with Gasteiger partial charge in [0.1, 0.15) is 7.05 Å². The highest BCUT2D eigenvalue weighted by atomic mass is 16.5. The Balaban J connectivity index is 0.00000172. The van der Waals surface area contributed by atoms with Gasteiger partial charge < -0.3 is 10.1 Å². The molecule has 0 aromatic carbocycles. The van der Waals surface area contributed by atoms with Crippen molar-refractivity contribution in [3.8, 4) is 0 Å². The highest BCUT2D eigenvalue weighted by molar-refractivity contribution is 5.39. The third kappa shape index (κ3) is 10.8. The van der Waals surface area contributed by atoms with Crippen LogP contribution < -0.4 is 9.88 Å². The maximum absolute atomic E-state index is 5.03. The Hall–Kier alpha value is -1.09. The van der Waals surface area contributed by atoms with E-state index in [2.05, 4.69) is 29.8 Å². The number of aromatic nitrogens is 1. The largest absolute Gasteiger partial charge is 0.385 e. The van der Waals surface area contributed by atoms with Crippen molar-refractivity contribution in [2.24, 2.45) is 7.05 Å². The Morgan fingerprint density at radius 2 is 1.50 bits per heavy atom. The second-order valence-corrected chi connectivity index (χ2v) is 4.79. The minimum Gasteiger partial charge on any atom is -0.385 e. The number of rotatable bonds is 10. The van der Waals surface area contributed by atoms with Gasteiger partial charge in [0, 0.05) is 38.1 Å². The number of hydrogen-bond acceptors (Lipinski definition) is 2. The second kappa shape index (κ2) is 14.3. The first-order valence-electron chi connectivity index (χ1n) is 8.01. The smallest absolute Gasteiger partial charge is 0.170 e. The summed E-state index contributed by atoms with van der Waals surface area (Å²) in [6.45, 7) is 5.98. The van der Waals surface area contributed by atoms with Crippen molar-refractivity contribution in [2.75, 3.05) is 25.6 Å². The lowest BCUT2D eigenvalue weighted by atomic mass is 10.1. The number of ether oxygens (including phenoxy) is 1. The zero-order valence-corrected chi connectivity index (χ0v) is 13.8. The molecule has 0 unspecified atom stereocenters. The van der Waals surface area contributed by atoms with Crippen molar-refractivity contribution in [1.82, 2.24) is 0 Å². The van der Waals surface area contributed by atoms with Crippen LogP contribution >= 0.6 is 0 Å². The molecule has 1 N–H and O–H groups in total. The predicted octanol–water partition coefficient (Wildman–Crippen LogP) is 3.94. The van der Waals surface area contributed by atoms with Crippen molar-refractivity contribution in [3.05, 3.63) is 24.5 Å². The van der Waals surface area contributed by atoms with Crippen molar-refractivity contribution in [1.29, 1.82) is 0 Å². The van der Waals surface area contributed by atoms with Crippen LogP contribution in [-0.4, -0.2) is 20.3 Å². The summed E-state index contributed by atoms with van der Waals surface area (Å²) in [5, 5.41) is 3.45. The molecule has 1 aromatic rings. The summed E-state index contributed by atoms with van der Waals surface area (Å²) in [4.78, 5) is 0. The number of anilines is 1. The molecule has 0 aliphatic carbocycles. The highest BCUT2D eigenvalue weighted by Crippen LogP contribution is 2.07. The van der Waals surface area contributed by atoms with Gasteiger partial charge in [0.05, 0.1) is 0 Å². The Kier molecular flexibility index (Phi) is 13.5. The monoisotopic (exact) mass is 281 g/mol. The first kappa shape index (κ1) is 18.9. The molecule has 1 rings (SSSR count). The lowest BCUT2D eigenvalue weighted by molar-refractivity contribution is -0.671. The molecular weight excluding hydrogens is 248 g/mol. The zero-order valence-electron chi connectivity index (χ0n) is 13.8. The van der Waals surface area contributed by atoms with E-state index in [1.54, 1.807) is 7.11 Å². The number of nitrogens with zero attached hydrogens (tertiary/aromatic N) is 1. The van der Waals surface area contributed by atoms with Crippen LogP contribution in [0.15, 0.2) is 24.5 Å². The lowest BCUT2D eigenvalue weighted by Gasteiger charge is -2.05. The molecule has 0 radical (unpaired) electrons. The van der Waals surface area contributed by atoms with Crippen molar-refractivity contribution in [3.63, 3.8) is 0 Å². The molecule has 3 heteroatoms. The van der Waals surface area contributed by atoms with E-state index in [0.29, 0.717) is 0 Å². The predicted molar refractivity (Wildman–Crippen MR) is 87.0 cm³/mol. The third-order valence-electron chi connectivity index (χ3n) is 3.08. The average Bonchev–Trinajstić information content (AvgIpc) is 2.49. The van der Waals surface area contributed by atoms with E-state index in [9.17, 15) is 0 Å². The van der Waals surface area contributed by atoms with Gasteiger partial charge in [-0.15, -0.1) is 0 Å². The molecule has 3 nitrogen and oxygen atoms in total.